The summed E-state index contributed by atoms with van der Waals surface area (Å²) in [4.78, 5) is 0. The third-order valence-electron chi connectivity index (χ3n) is 3.14. The molecule has 1 aliphatic rings. The first kappa shape index (κ1) is 13.2. The van der Waals surface area contributed by atoms with Crippen LogP contribution < -0.4 is 15.2 Å². The van der Waals surface area contributed by atoms with Gasteiger partial charge in [0.2, 0.25) is 0 Å². The Labute approximate surface area is 109 Å². The predicted octanol–water partition coefficient (Wildman–Crippen LogP) is 2.91. The molecule has 0 saturated carbocycles. The number of hydrogen-bond donors (Lipinski definition) is 1. The van der Waals surface area contributed by atoms with Crippen LogP contribution in [0.15, 0.2) is 18.2 Å². The number of unbranched alkanes of at least 4 members (excludes halogenated alkanes) is 1. The summed E-state index contributed by atoms with van der Waals surface area (Å²) < 4.78 is 11.1. The number of rotatable bonds is 5. The first-order chi connectivity index (χ1) is 8.54. The lowest BCUT2D eigenvalue weighted by molar-refractivity contribution is 0.171. The Balaban J connectivity index is 1.83. The number of benzene rings is 1. The molecule has 1 aromatic carbocycles. The van der Waals surface area contributed by atoms with Crippen molar-refractivity contribution in [1.29, 1.82) is 0 Å². The molecule has 0 spiro atoms. The highest BCUT2D eigenvalue weighted by atomic mass is 16.6. The Morgan fingerprint density at radius 1 is 1.11 bits per heavy atom. The quantitative estimate of drug-likeness (QED) is 0.816. The molecule has 2 rings (SSSR count). The van der Waals surface area contributed by atoms with Crippen molar-refractivity contribution >= 4 is 0 Å². The summed E-state index contributed by atoms with van der Waals surface area (Å²) in [6.07, 6.45) is 4.47. The van der Waals surface area contributed by atoms with Gasteiger partial charge in [-0.2, -0.15) is 0 Å². The van der Waals surface area contributed by atoms with Crippen LogP contribution in [-0.4, -0.2) is 18.8 Å². The van der Waals surface area contributed by atoms with Gasteiger partial charge in [0.1, 0.15) is 13.2 Å². The molecule has 0 bridgehead atoms. The number of fused-ring (bicyclic) bond motifs is 1. The smallest absolute Gasteiger partial charge is 0.161 e. The van der Waals surface area contributed by atoms with Crippen molar-refractivity contribution in [2.75, 3.05) is 13.2 Å². The van der Waals surface area contributed by atoms with Crippen LogP contribution >= 0.6 is 0 Å². The number of ether oxygens (including phenoxy) is 2. The fourth-order valence-electron chi connectivity index (χ4n) is 2.15. The molecular formula is C15H23NO2. The van der Waals surface area contributed by atoms with Gasteiger partial charge in [-0.3, -0.25) is 0 Å². The average molecular weight is 249 g/mol. The molecule has 3 heteroatoms. The molecule has 3 nitrogen and oxygen atoms in total. The second-order valence-electron chi connectivity index (χ2n) is 5.67. The molecular weight excluding hydrogens is 226 g/mol. The maximum atomic E-state index is 5.97. The number of aryl methyl sites for hydroxylation is 1. The van der Waals surface area contributed by atoms with Gasteiger partial charge in [-0.25, -0.2) is 0 Å². The van der Waals surface area contributed by atoms with Gasteiger partial charge in [-0.05, 0) is 50.8 Å². The molecule has 0 radical (unpaired) electrons. The van der Waals surface area contributed by atoms with Gasteiger partial charge in [0.25, 0.3) is 0 Å². The Kier molecular flexibility index (Phi) is 4.12. The summed E-state index contributed by atoms with van der Waals surface area (Å²) in [5.41, 5.74) is 7.23. The molecule has 0 unspecified atom stereocenters. The van der Waals surface area contributed by atoms with Gasteiger partial charge in [0.15, 0.2) is 11.5 Å². The first-order valence-electron chi connectivity index (χ1n) is 6.72. The number of hydrogen-bond acceptors (Lipinski definition) is 3. The van der Waals surface area contributed by atoms with Crippen LogP contribution in [-0.2, 0) is 6.42 Å². The molecule has 2 N–H and O–H groups in total. The molecule has 0 amide bonds. The van der Waals surface area contributed by atoms with E-state index in [1.807, 2.05) is 6.07 Å². The minimum Gasteiger partial charge on any atom is -0.486 e. The summed E-state index contributed by atoms with van der Waals surface area (Å²) in [6, 6.07) is 6.24. The zero-order valence-corrected chi connectivity index (χ0v) is 11.4. The minimum atomic E-state index is -0.0488. The van der Waals surface area contributed by atoms with Crippen LogP contribution in [0.2, 0.25) is 0 Å². The zero-order valence-electron chi connectivity index (χ0n) is 11.4. The second-order valence-corrected chi connectivity index (χ2v) is 5.67. The maximum Gasteiger partial charge on any atom is 0.161 e. The molecule has 0 aliphatic carbocycles. The SMILES string of the molecule is CC(C)(N)CCCCc1ccc2c(c1)OCCO2. The maximum absolute atomic E-state index is 5.97. The van der Waals surface area contributed by atoms with Crippen LogP contribution in [0.25, 0.3) is 0 Å². The summed E-state index contributed by atoms with van der Waals surface area (Å²) in [5, 5.41) is 0. The van der Waals surface area contributed by atoms with Gasteiger partial charge in [-0.15, -0.1) is 0 Å². The van der Waals surface area contributed by atoms with E-state index in [-0.39, 0.29) is 5.54 Å². The van der Waals surface area contributed by atoms with E-state index < -0.39 is 0 Å². The van der Waals surface area contributed by atoms with Crippen molar-refractivity contribution in [1.82, 2.24) is 0 Å². The van der Waals surface area contributed by atoms with Crippen LogP contribution in [0.1, 0.15) is 38.7 Å². The minimum absolute atomic E-state index is 0.0488. The topological polar surface area (TPSA) is 44.5 Å². The van der Waals surface area contributed by atoms with E-state index in [1.165, 1.54) is 12.0 Å². The lowest BCUT2D eigenvalue weighted by Gasteiger charge is -2.19. The van der Waals surface area contributed by atoms with Crippen molar-refractivity contribution in [3.8, 4) is 11.5 Å². The Hall–Kier alpha value is -1.22. The van der Waals surface area contributed by atoms with Crippen molar-refractivity contribution < 1.29 is 9.47 Å². The van der Waals surface area contributed by atoms with E-state index in [0.717, 1.165) is 30.8 Å². The normalized spacial score (nSPS) is 14.6. The summed E-state index contributed by atoms with van der Waals surface area (Å²) in [6.45, 7) is 5.46. The molecule has 0 aromatic heterocycles. The van der Waals surface area contributed by atoms with Crippen molar-refractivity contribution in [3.05, 3.63) is 23.8 Å². The lowest BCUT2D eigenvalue weighted by atomic mass is 9.97. The van der Waals surface area contributed by atoms with Crippen LogP contribution in [0.3, 0.4) is 0 Å². The summed E-state index contributed by atoms with van der Waals surface area (Å²) in [7, 11) is 0. The largest absolute Gasteiger partial charge is 0.486 e. The fourth-order valence-corrected chi connectivity index (χ4v) is 2.15. The summed E-state index contributed by atoms with van der Waals surface area (Å²) in [5.74, 6) is 1.76. The molecule has 18 heavy (non-hydrogen) atoms. The molecule has 0 atom stereocenters. The molecule has 0 saturated heterocycles. The second kappa shape index (κ2) is 5.61. The van der Waals surface area contributed by atoms with Crippen molar-refractivity contribution in [2.24, 2.45) is 5.73 Å². The lowest BCUT2D eigenvalue weighted by Crippen LogP contribution is -2.31. The van der Waals surface area contributed by atoms with Crippen molar-refractivity contribution in [2.45, 2.75) is 45.1 Å². The Morgan fingerprint density at radius 2 is 1.83 bits per heavy atom. The highest BCUT2D eigenvalue weighted by molar-refractivity contribution is 5.43. The summed E-state index contributed by atoms with van der Waals surface area (Å²) >= 11 is 0. The van der Waals surface area contributed by atoms with E-state index in [1.54, 1.807) is 0 Å². The van der Waals surface area contributed by atoms with E-state index >= 15 is 0 Å². The highest BCUT2D eigenvalue weighted by Crippen LogP contribution is 2.31. The third-order valence-corrected chi connectivity index (χ3v) is 3.14. The van der Waals surface area contributed by atoms with Gasteiger partial charge in [0, 0.05) is 5.54 Å². The Morgan fingerprint density at radius 3 is 2.56 bits per heavy atom. The van der Waals surface area contributed by atoms with Crippen LogP contribution in [0, 0.1) is 0 Å². The van der Waals surface area contributed by atoms with Gasteiger partial charge in [-0.1, -0.05) is 12.5 Å². The van der Waals surface area contributed by atoms with E-state index in [2.05, 4.69) is 26.0 Å². The predicted molar refractivity (Wildman–Crippen MR) is 73.3 cm³/mol. The molecule has 1 aliphatic heterocycles. The fraction of sp³-hybridized carbons (Fsp3) is 0.600. The van der Waals surface area contributed by atoms with E-state index in [9.17, 15) is 0 Å². The monoisotopic (exact) mass is 249 g/mol. The van der Waals surface area contributed by atoms with Crippen molar-refractivity contribution in [3.63, 3.8) is 0 Å². The molecule has 1 heterocycles. The third kappa shape index (κ3) is 3.91. The molecule has 1 aromatic rings. The Bertz CT molecular complexity index is 396. The average Bonchev–Trinajstić information content (AvgIpc) is 2.33. The highest BCUT2D eigenvalue weighted by Gasteiger charge is 2.12. The van der Waals surface area contributed by atoms with E-state index in [4.69, 9.17) is 15.2 Å². The zero-order chi connectivity index (χ0) is 13.0. The van der Waals surface area contributed by atoms with Gasteiger partial charge in [0.05, 0.1) is 0 Å². The molecule has 0 fully saturated rings. The van der Waals surface area contributed by atoms with Gasteiger partial charge < -0.3 is 15.2 Å². The number of nitrogens with two attached hydrogens (primary N) is 1. The van der Waals surface area contributed by atoms with Gasteiger partial charge >= 0.3 is 0 Å². The molecule has 100 valence electrons. The standard InChI is InChI=1S/C15H23NO2/c1-15(2,16)8-4-3-5-12-6-7-13-14(11-12)18-10-9-17-13/h6-7,11H,3-5,8-10,16H2,1-2H3. The van der Waals surface area contributed by atoms with E-state index in [0.29, 0.717) is 13.2 Å². The first-order valence-corrected chi connectivity index (χ1v) is 6.72. The van der Waals surface area contributed by atoms with Crippen LogP contribution in [0.5, 0.6) is 11.5 Å². The van der Waals surface area contributed by atoms with Crippen LogP contribution in [0.4, 0.5) is 0 Å².